The van der Waals surface area contributed by atoms with Gasteiger partial charge in [-0.15, -0.1) is 0 Å². The summed E-state index contributed by atoms with van der Waals surface area (Å²) in [6.07, 6.45) is 6.70. The van der Waals surface area contributed by atoms with Crippen LogP contribution in [0.3, 0.4) is 0 Å². The molecule has 2 spiro atoms. The Kier molecular flexibility index (Phi) is 13.9. The molecule has 0 bridgehead atoms. The topological polar surface area (TPSA) is 172 Å². The number of ether oxygens (including phenoxy) is 5. The van der Waals surface area contributed by atoms with Gasteiger partial charge in [-0.2, -0.15) is 10.5 Å². The second-order valence-electron chi connectivity index (χ2n) is 15.7. The van der Waals surface area contributed by atoms with Crippen molar-refractivity contribution in [3.8, 4) is 29.4 Å². The summed E-state index contributed by atoms with van der Waals surface area (Å²) in [6.45, 7) is 0.587. The molecule has 12 nitrogen and oxygen atoms in total. The maximum Gasteiger partial charge on any atom is 0.407 e. The van der Waals surface area contributed by atoms with Crippen molar-refractivity contribution in [2.24, 2.45) is 10.8 Å². The van der Waals surface area contributed by atoms with Crippen LogP contribution in [0.2, 0.25) is 0 Å². The molecule has 0 heterocycles. The number of aliphatic hydroxyl groups is 1. The average molecular weight is 805 g/mol. The number of halogens is 1. The number of nitrogens with zero attached hydrogens (tertiary/aromatic N) is 2. The van der Waals surface area contributed by atoms with Gasteiger partial charge in [-0.1, -0.05) is 72.8 Å². The minimum atomic E-state index is -0.600. The van der Waals surface area contributed by atoms with Gasteiger partial charge in [0.05, 0.1) is 31.5 Å². The molecular weight excluding hydrogens is 756 g/mol. The summed E-state index contributed by atoms with van der Waals surface area (Å²) in [5, 5.41) is 32.8. The van der Waals surface area contributed by atoms with Crippen molar-refractivity contribution in [2.45, 2.75) is 88.9 Å². The maximum atomic E-state index is 12.9. The monoisotopic (exact) mass is 804 g/mol. The molecule has 4 aliphatic rings. The average Bonchev–Trinajstić information content (AvgIpc) is 3.20. The van der Waals surface area contributed by atoms with Crippen LogP contribution in [0.4, 0.5) is 14.0 Å². The number of benzene rings is 4. The molecule has 3 N–H and O–H groups in total. The zero-order valence-corrected chi connectivity index (χ0v) is 33.2. The first-order valence-corrected chi connectivity index (χ1v) is 19.6. The van der Waals surface area contributed by atoms with Gasteiger partial charge >= 0.3 is 12.2 Å². The van der Waals surface area contributed by atoms with E-state index in [0.29, 0.717) is 29.1 Å². The van der Waals surface area contributed by atoms with Crippen molar-refractivity contribution >= 4 is 12.2 Å². The van der Waals surface area contributed by atoms with Gasteiger partial charge in [-0.05, 0) is 97.6 Å². The standard InChI is InChI=1S/C23H24N2O4.C15H19NO3.C8H6FNO/c1-27-20-9-5-8-17(14-24)21(20)29-19-12-23(13-19)10-18(11-23)25-22(26)28-15-16-6-3-2-4-7-16;17-13-8-15(9-13)6-12(7-15)16-14(18)19-10-11-4-2-1-3-5-11;1-11-7-4-2-3-6(5-10)8(7)9/h2-9,18-19H,10-13,15H2,1H3,(H,25,26);1-5,12-13,17H,6-10H2,(H,16,18);2-4H,1H3. The molecule has 0 unspecified atom stereocenters. The normalized spacial score (nSPS) is 24.1. The summed E-state index contributed by atoms with van der Waals surface area (Å²) < 4.78 is 39.4. The third kappa shape index (κ3) is 11.0. The highest BCUT2D eigenvalue weighted by molar-refractivity contribution is 5.68. The number of nitrogens with one attached hydrogen (secondary N) is 2. The number of methoxy groups -OCH3 is 2. The molecule has 0 aromatic heterocycles. The zero-order chi connectivity index (χ0) is 41.8. The Balaban J connectivity index is 0.000000166. The number of aliphatic hydroxyl groups excluding tert-OH is 1. The minimum absolute atomic E-state index is 0.00403. The molecule has 59 heavy (non-hydrogen) atoms. The summed E-state index contributed by atoms with van der Waals surface area (Å²) in [6, 6.07) is 33.3. The van der Waals surface area contributed by atoms with Gasteiger partial charge in [0.1, 0.15) is 31.5 Å². The van der Waals surface area contributed by atoms with Gasteiger partial charge in [0.25, 0.3) is 0 Å². The fraction of sp³-hybridized carbons (Fsp3) is 0.391. The highest BCUT2D eigenvalue weighted by Crippen LogP contribution is 2.57. The molecule has 0 aliphatic heterocycles. The fourth-order valence-electron chi connectivity index (χ4n) is 8.44. The van der Waals surface area contributed by atoms with Crippen molar-refractivity contribution in [1.29, 1.82) is 10.5 Å². The van der Waals surface area contributed by atoms with Crippen LogP contribution in [0.15, 0.2) is 97.1 Å². The molecular formula is C46H49FN4O8. The van der Waals surface area contributed by atoms with E-state index in [9.17, 15) is 24.3 Å². The molecule has 0 radical (unpaired) electrons. The lowest BCUT2D eigenvalue weighted by molar-refractivity contribution is -0.0958. The van der Waals surface area contributed by atoms with E-state index in [0.717, 1.165) is 62.5 Å². The molecule has 0 saturated heterocycles. The van der Waals surface area contributed by atoms with Crippen molar-refractivity contribution in [3.63, 3.8) is 0 Å². The lowest BCUT2D eigenvalue weighted by Crippen LogP contribution is -2.58. The molecule has 4 saturated carbocycles. The molecule has 0 atom stereocenters. The van der Waals surface area contributed by atoms with Gasteiger partial charge < -0.3 is 39.4 Å². The van der Waals surface area contributed by atoms with Crippen LogP contribution in [0.5, 0.6) is 17.2 Å². The van der Waals surface area contributed by atoms with Crippen molar-refractivity contribution in [2.75, 3.05) is 14.2 Å². The number of amides is 2. The van der Waals surface area contributed by atoms with E-state index >= 15 is 0 Å². The van der Waals surface area contributed by atoms with E-state index in [1.165, 1.54) is 19.2 Å². The summed E-state index contributed by atoms with van der Waals surface area (Å²) in [5.41, 5.74) is 3.00. The molecule has 13 heteroatoms. The van der Waals surface area contributed by atoms with E-state index in [1.807, 2.05) is 60.7 Å². The Morgan fingerprint density at radius 3 is 1.58 bits per heavy atom. The summed E-state index contributed by atoms with van der Waals surface area (Å²) in [4.78, 5) is 23.6. The lowest BCUT2D eigenvalue weighted by Gasteiger charge is -2.57. The second-order valence-corrected chi connectivity index (χ2v) is 15.7. The predicted molar refractivity (Wildman–Crippen MR) is 215 cm³/mol. The molecule has 4 fully saturated rings. The van der Waals surface area contributed by atoms with Crippen molar-refractivity contribution in [1.82, 2.24) is 10.6 Å². The number of para-hydroxylation sites is 1. The quantitative estimate of drug-likeness (QED) is 0.142. The van der Waals surface area contributed by atoms with Gasteiger partial charge in [0.2, 0.25) is 0 Å². The molecule has 8 rings (SSSR count). The highest BCUT2D eigenvalue weighted by atomic mass is 19.1. The third-order valence-electron chi connectivity index (χ3n) is 11.4. The lowest BCUT2D eigenvalue weighted by atomic mass is 9.53. The van der Waals surface area contributed by atoms with Crippen LogP contribution in [-0.2, 0) is 22.7 Å². The zero-order valence-electron chi connectivity index (χ0n) is 33.2. The first-order chi connectivity index (χ1) is 28.5. The molecule has 4 aromatic rings. The van der Waals surface area contributed by atoms with E-state index in [-0.39, 0.29) is 59.8 Å². The fourth-order valence-corrected chi connectivity index (χ4v) is 8.44. The number of carbonyl (C=O) groups excluding carboxylic acids is 2. The Bertz CT molecular complexity index is 2110. The Labute approximate surface area is 343 Å². The SMILES string of the molecule is COc1cccc(C#N)c1F.COc1cccc(C#N)c1OC1CC2(CC(NC(=O)OCc3ccccc3)C2)C1.O=C(NC1CC2(CC(O)C2)C1)OCc1ccccc1. The van der Waals surface area contributed by atoms with E-state index < -0.39 is 5.82 Å². The van der Waals surface area contributed by atoms with Crippen molar-refractivity contribution in [3.05, 3.63) is 125 Å². The third-order valence-corrected chi connectivity index (χ3v) is 11.4. The minimum Gasteiger partial charge on any atom is -0.494 e. The maximum absolute atomic E-state index is 12.9. The summed E-state index contributed by atoms with van der Waals surface area (Å²) in [7, 11) is 2.93. The van der Waals surface area contributed by atoms with E-state index in [4.69, 9.17) is 24.2 Å². The number of carbonyl (C=O) groups is 2. The molecule has 4 aromatic carbocycles. The predicted octanol–water partition coefficient (Wildman–Crippen LogP) is 8.11. The van der Waals surface area contributed by atoms with Gasteiger partial charge in [0, 0.05) is 12.1 Å². The first-order valence-electron chi connectivity index (χ1n) is 19.6. The number of alkyl carbamates (subject to hydrolysis) is 2. The number of hydrogen-bond donors (Lipinski definition) is 3. The van der Waals surface area contributed by atoms with Crippen LogP contribution in [0.25, 0.3) is 0 Å². The molecule has 2 amide bonds. The van der Waals surface area contributed by atoms with Gasteiger partial charge in [-0.3, -0.25) is 0 Å². The Hall–Kier alpha value is -6.31. The van der Waals surface area contributed by atoms with Gasteiger partial charge in [0.15, 0.2) is 23.1 Å². The Morgan fingerprint density at radius 2 is 1.12 bits per heavy atom. The number of nitriles is 2. The van der Waals surface area contributed by atoms with Crippen LogP contribution in [-0.4, -0.2) is 55.8 Å². The van der Waals surface area contributed by atoms with Crippen LogP contribution < -0.4 is 24.8 Å². The highest BCUT2D eigenvalue weighted by Gasteiger charge is 2.55. The molecule has 4 aliphatic carbocycles. The second kappa shape index (κ2) is 19.4. The van der Waals surface area contributed by atoms with E-state index in [1.54, 1.807) is 37.4 Å². The molecule has 308 valence electrons. The smallest absolute Gasteiger partial charge is 0.407 e. The number of hydrogen-bond acceptors (Lipinski definition) is 10. The Morgan fingerprint density at radius 1 is 0.661 bits per heavy atom. The van der Waals surface area contributed by atoms with Crippen LogP contribution in [0, 0.1) is 39.3 Å². The van der Waals surface area contributed by atoms with Crippen LogP contribution >= 0.6 is 0 Å². The number of rotatable bonds is 10. The van der Waals surface area contributed by atoms with Crippen molar-refractivity contribution < 1.29 is 42.8 Å². The van der Waals surface area contributed by atoms with Gasteiger partial charge in [-0.25, -0.2) is 14.0 Å². The summed E-state index contributed by atoms with van der Waals surface area (Å²) in [5.74, 6) is 0.608. The summed E-state index contributed by atoms with van der Waals surface area (Å²) >= 11 is 0. The first kappa shape index (κ1) is 42.3. The van der Waals surface area contributed by atoms with Crippen LogP contribution in [0.1, 0.15) is 73.6 Å². The largest absolute Gasteiger partial charge is 0.494 e. The van der Waals surface area contributed by atoms with E-state index in [2.05, 4.69) is 21.4 Å².